The molecule has 0 saturated carbocycles. The number of rotatable bonds is 8. The fourth-order valence-corrected chi connectivity index (χ4v) is 4.56. The molecule has 2 fully saturated rings. The van der Waals surface area contributed by atoms with Gasteiger partial charge < -0.3 is 4.74 Å². The minimum absolute atomic E-state index is 0.0901. The molecule has 3 heterocycles. The molecule has 1 aromatic heterocycles. The van der Waals surface area contributed by atoms with E-state index in [0.29, 0.717) is 18.6 Å². The second-order valence-corrected chi connectivity index (χ2v) is 8.46. The average molecular weight is 398 g/mol. The Morgan fingerprint density at radius 3 is 2.59 bits per heavy atom. The van der Waals surface area contributed by atoms with Crippen LogP contribution in [0.1, 0.15) is 36.9 Å². The molecule has 4 nitrogen and oxygen atoms in total. The van der Waals surface area contributed by atoms with Crippen molar-refractivity contribution >= 4 is 0 Å². The fraction of sp³-hybridized carbons (Fsp3) is 0.542. The van der Waals surface area contributed by atoms with Crippen LogP contribution >= 0.6 is 0 Å². The number of nitrogens with zero attached hydrogens (tertiary/aromatic N) is 3. The predicted octanol–water partition coefficient (Wildman–Crippen LogP) is 4.11. The van der Waals surface area contributed by atoms with E-state index in [1.54, 1.807) is 12.1 Å². The van der Waals surface area contributed by atoms with Crippen LogP contribution in [0.2, 0.25) is 0 Å². The largest absolute Gasteiger partial charge is 0.377 e. The highest BCUT2D eigenvalue weighted by Gasteiger charge is 2.25. The summed E-state index contributed by atoms with van der Waals surface area (Å²) in [5.74, 6) is 0.588. The molecule has 29 heavy (non-hydrogen) atoms. The Hall–Kier alpha value is -1.82. The summed E-state index contributed by atoms with van der Waals surface area (Å²) in [5.41, 5.74) is 1.93. The van der Waals surface area contributed by atoms with Crippen LogP contribution in [0.15, 0.2) is 48.7 Å². The van der Waals surface area contributed by atoms with E-state index in [2.05, 4.69) is 26.9 Å². The smallest absolute Gasteiger partial charge is 0.127 e. The van der Waals surface area contributed by atoms with Crippen molar-refractivity contribution in [2.45, 2.75) is 44.9 Å². The summed E-state index contributed by atoms with van der Waals surface area (Å²) < 4.78 is 19.8. The van der Waals surface area contributed by atoms with Crippen molar-refractivity contribution in [3.8, 4) is 0 Å². The van der Waals surface area contributed by atoms with Crippen molar-refractivity contribution in [3.05, 3.63) is 65.7 Å². The first kappa shape index (κ1) is 20.5. The molecule has 5 heteroatoms. The molecule has 1 atom stereocenters. The molecule has 0 amide bonds. The molecule has 0 unspecified atom stereocenters. The van der Waals surface area contributed by atoms with E-state index >= 15 is 0 Å². The van der Waals surface area contributed by atoms with Gasteiger partial charge in [-0.15, -0.1) is 0 Å². The zero-order chi connectivity index (χ0) is 19.9. The van der Waals surface area contributed by atoms with Gasteiger partial charge >= 0.3 is 0 Å². The van der Waals surface area contributed by atoms with Crippen molar-refractivity contribution in [3.63, 3.8) is 0 Å². The second kappa shape index (κ2) is 10.3. The summed E-state index contributed by atoms with van der Waals surface area (Å²) >= 11 is 0. The van der Waals surface area contributed by atoms with Crippen molar-refractivity contribution in [1.82, 2.24) is 14.8 Å². The van der Waals surface area contributed by atoms with E-state index < -0.39 is 0 Å². The molecule has 0 bridgehead atoms. The summed E-state index contributed by atoms with van der Waals surface area (Å²) in [6, 6.07) is 13.3. The molecule has 0 aliphatic carbocycles. The molecule has 0 N–H and O–H groups in total. The van der Waals surface area contributed by atoms with Crippen LogP contribution in [0.25, 0.3) is 0 Å². The van der Waals surface area contributed by atoms with E-state index in [0.717, 1.165) is 50.6 Å². The minimum Gasteiger partial charge on any atom is -0.377 e. The van der Waals surface area contributed by atoms with Crippen molar-refractivity contribution in [2.24, 2.45) is 5.92 Å². The van der Waals surface area contributed by atoms with E-state index in [1.807, 2.05) is 24.4 Å². The van der Waals surface area contributed by atoms with Crippen LogP contribution < -0.4 is 0 Å². The topological polar surface area (TPSA) is 28.6 Å². The maximum absolute atomic E-state index is 13.9. The summed E-state index contributed by atoms with van der Waals surface area (Å²) in [7, 11) is 0. The molecule has 4 rings (SSSR count). The predicted molar refractivity (Wildman–Crippen MR) is 113 cm³/mol. The second-order valence-electron chi connectivity index (χ2n) is 8.46. The van der Waals surface area contributed by atoms with Crippen molar-refractivity contribution < 1.29 is 9.13 Å². The highest BCUT2D eigenvalue weighted by Crippen LogP contribution is 2.23. The van der Waals surface area contributed by atoms with Gasteiger partial charge in [-0.2, -0.15) is 0 Å². The summed E-state index contributed by atoms with van der Waals surface area (Å²) in [5, 5.41) is 0. The van der Waals surface area contributed by atoms with Crippen LogP contribution in [0.4, 0.5) is 4.39 Å². The zero-order valence-electron chi connectivity index (χ0n) is 17.2. The van der Waals surface area contributed by atoms with Crippen LogP contribution in [-0.2, 0) is 17.8 Å². The maximum Gasteiger partial charge on any atom is 0.127 e. The van der Waals surface area contributed by atoms with Gasteiger partial charge in [0.25, 0.3) is 0 Å². The number of piperidine rings is 1. The molecule has 2 aliphatic rings. The van der Waals surface area contributed by atoms with Gasteiger partial charge in [0.05, 0.1) is 11.8 Å². The molecule has 0 spiro atoms. The standard InChI is InChI=1S/C24H32FN3O/c25-24-9-2-1-6-21(24)17-27-13-10-20(11-14-27)16-28(19-23-8-5-15-29-23)18-22-7-3-4-12-26-22/h1-4,6-7,9,12,20,23H,5,8,10-11,13-19H2/t23-/m1/s1. The fourth-order valence-electron chi connectivity index (χ4n) is 4.56. The molecule has 2 saturated heterocycles. The third-order valence-corrected chi connectivity index (χ3v) is 6.17. The monoisotopic (exact) mass is 397 g/mol. The van der Waals surface area contributed by atoms with Gasteiger partial charge in [0.1, 0.15) is 5.82 Å². The SMILES string of the molecule is Fc1ccccc1CN1CCC(CN(Cc2ccccn2)C[C@H]2CCCO2)CC1. The molecular weight excluding hydrogens is 365 g/mol. The first-order valence-electron chi connectivity index (χ1n) is 11.0. The number of hydrogen-bond acceptors (Lipinski definition) is 4. The molecule has 156 valence electrons. The quantitative estimate of drug-likeness (QED) is 0.670. The molecule has 0 radical (unpaired) electrons. The highest BCUT2D eigenvalue weighted by molar-refractivity contribution is 5.17. The normalized spacial score (nSPS) is 21.1. The van der Waals surface area contributed by atoms with Gasteiger partial charge in [-0.25, -0.2) is 4.39 Å². The van der Waals surface area contributed by atoms with Gasteiger partial charge in [-0.3, -0.25) is 14.8 Å². The van der Waals surface area contributed by atoms with Gasteiger partial charge in [-0.1, -0.05) is 24.3 Å². The lowest BCUT2D eigenvalue weighted by Gasteiger charge is -2.35. The molecule has 2 aliphatic heterocycles. The Labute approximate surface area is 173 Å². The third-order valence-electron chi connectivity index (χ3n) is 6.17. The van der Waals surface area contributed by atoms with E-state index in [-0.39, 0.29) is 5.82 Å². The molecule has 1 aromatic carbocycles. The number of halogens is 1. The summed E-state index contributed by atoms with van der Waals surface area (Å²) in [6.45, 7) is 6.66. The van der Waals surface area contributed by atoms with Crippen LogP contribution in [0, 0.1) is 11.7 Å². The average Bonchev–Trinajstić information content (AvgIpc) is 3.25. The molecule has 2 aromatic rings. The first-order chi connectivity index (χ1) is 14.3. The highest BCUT2D eigenvalue weighted by atomic mass is 19.1. The summed E-state index contributed by atoms with van der Waals surface area (Å²) in [6.07, 6.45) is 6.91. The van der Waals surface area contributed by atoms with Gasteiger partial charge in [0.2, 0.25) is 0 Å². The van der Waals surface area contributed by atoms with E-state index in [1.165, 1.54) is 25.7 Å². The van der Waals surface area contributed by atoms with Crippen LogP contribution in [0.5, 0.6) is 0 Å². The van der Waals surface area contributed by atoms with Gasteiger partial charge in [0.15, 0.2) is 0 Å². The van der Waals surface area contributed by atoms with Gasteiger partial charge in [-0.05, 0) is 62.9 Å². The number of benzene rings is 1. The number of likely N-dealkylation sites (tertiary alicyclic amines) is 1. The first-order valence-corrected chi connectivity index (χ1v) is 11.0. The third kappa shape index (κ3) is 6.08. The number of aromatic nitrogens is 1. The Kier molecular flexibility index (Phi) is 7.25. The Morgan fingerprint density at radius 1 is 1.03 bits per heavy atom. The lowest BCUT2D eigenvalue weighted by Crippen LogP contribution is -2.40. The maximum atomic E-state index is 13.9. The van der Waals surface area contributed by atoms with Crippen molar-refractivity contribution in [2.75, 3.05) is 32.8 Å². The lowest BCUT2D eigenvalue weighted by atomic mass is 9.95. The van der Waals surface area contributed by atoms with Crippen molar-refractivity contribution in [1.29, 1.82) is 0 Å². The summed E-state index contributed by atoms with van der Waals surface area (Å²) in [4.78, 5) is 9.45. The number of ether oxygens (including phenoxy) is 1. The number of pyridine rings is 1. The zero-order valence-corrected chi connectivity index (χ0v) is 17.2. The Morgan fingerprint density at radius 2 is 1.86 bits per heavy atom. The molecular formula is C24H32FN3O. The Balaban J connectivity index is 1.30. The van der Waals surface area contributed by atoms with E-state index in [4.69, 9.17) is 4.74 Å². The van der Waals surface area contributed by atoms with E-state index in [9.17, 15) is 4.39 Å². The Bertz CT molecular complexity index is 743. The van der Waals surface area contributed by atoms with Gasteiger partial charge in [0, 0.05) is 44.5 Å². The number of hydrogen-bond donors (Lipinski definition) is 0. The minimum atomic E-state index is -0.0901. The van der Waals surface area contributed by atoms with Crippen LogP contribution in [-0.4, -0.2) is 53.7 Å². The lowest BCUT2D eigenvalue weighted by molar-refractivity contribution is 0.0565. The van der Waals surface area contributed by atoms with Crippen LogP contribution in [0.3, 0.4) is 0 Å².